The van der Waals surface area contributed by atoms with Crippen LogP contribution in [0.4, 0.5) is 0 Å². The summed E-state index contributed by atoms with van der Waals surface area (Å²) in [6, 6.07) is 0. The summed E-state index contributed by atoms with van der Waals surface area (Å²) in [7, 11) is -3.36. The number of rotatable bonds is 6. The van der Waals surface area contributed by atoms with E-state index in [4.69, 9.17) is 4.74 Å². The van der Waals surface area contributed by atoms with Gasteiger partial charge in [0.25, 0.3) is 10.2 Å². The lowest BCUT2D eigenvalue weighted by Crippen LogP contribution is -2.48. The fourth-order valence-corrected chi connectivity index (χ4v) is 5.23. The molecule has 6 heteroatoms. The smallest absolute Gasteiger partial charge is 0.279 e. The normalized spacial score (nSPS) is 34.7. The fourth-order valence-electron chi connectivity index (χ4n) is 3.80. The molecule has 2 rings (SSSR count). The van der Waals surface area contributed by atoms with Crippen molar-refractivity contribution in [3.05, 3.63) is 0 Å². The van der Waals surface area contributed by atoms with Crippen LogP contribution in [0.5, 0.6) is 0 Å². The second-order valence-electron chi connectivity index (χ2n) is 7.33. The Kier molecular flexibility index (Phi) is 6.68. The average molecular weight is 333 g/mol. The summed E-state index contributed by atoms with van der Waals surface area (Å²) in [5, 5.41) is 0. The Morgan fingerprint density at radius 3 is 2.36 bits per heavy atom. The first-order chi connectivity index (χ1) is 10.4. The molecule has 0 unspecified atom stereocenters. The van der Waals surface area contributed by atoms with Gasteiger partial charge in [0.15, 0.2) is 0 Å². The number of piperidine rings is 1. The Morgan fingerprint density at radius 2 is 1.73 bits per heavy atom. The Morgan fingerprint density at radius 1 is 1.09 bits per heavy atom. The molecule has 0 radical (unpaired) electrons. The number of ether oxygens (including phenoxy) is 1. The van der Waals surface area contributed by atoms with Gasteiger partial charge in [-0.2, -0.15) is 17.4 Å². The molecule has 2 aliphatic rings. The largest absolute Gasteiger partial charge is 0.377 e. The van der Waals surface area contributed by atoms with Crippen molar-refractivity contribution >= 4 is 10.2 Å². The molecule has 1 saturated heterocycles. The first-order valence-corrected chi connectivity index (χ1v) is 10.2. The van der Waals surface area contributed by atoms with Crippen molar-refractivity contribution in [3.63, 3.8) is 0 Å². The second kappa shape index (κ2) is 8.08. The predicted molar refractivity (Wildman–Crippen MR) is 88.8 cm³/mol. The van der Waals surface area contributed by atoms with Crippen LogP contribution in [0.1, 0.15) is 52.9 Å². The van der Waals surface area contributed by atoms with E-state index < -0.39 is 10.2 Å². The summed E-state index contributed by atoms with van der Waals surface area (Å²) in [6.45, 7) is 8.54. The van der Waals surface area contributed by atoms with E-state index in [-0.39, 0.29) is 0 Å². The maximum absolute atomic E-state index is 12.4. The summed E-state index contributed by atoms with van der Waals surface area (Å²) < 4.78 is 34.9. The van der Waals surface area contributed by atoms with Crippen LogP contribution >= 0.6 is 0 Å². The molecule has 0 bridgehead atoms. The monoisotopic (exact) mass is 332 g/mol. The quantitative estimate of drug-likeness (QED) is 0.760. The van der Waals surface area contributed by atoms with Crippen LogP contribution in [0, 0.1) is 17.8 Å². The lowest BCUT2D eigenvalue weighted by molar-refractivity contribution is -0.00189. The predicted octanol–water partition coefficient (Wildman–Crippen LogP) is 2.39. The van der Waals surface area contributed by atoms with Crippen molar-refractivity contribution in [1.29, 1.82) is 0 Å². The maximum Gasteiger partial charge on any atom is 0.279 e. The van der Waals surface area contributed by atoms with Crippen LogP contribution in [0.15, 0.2) is 0 Å². The van der Waals surface area contributed by atoms with Gasteiger partial charge < -0.3 is 4.74 Å². The number of hydrogen-bond donors (Lipinski definition) is 1. The van der Waals surface area contributed by atoms with Crippen LogP contribution in [-0.4, -0.2) is 45.1 Å². The Balaban J connectivity index is 1.73. The van der Waals surface area contributed by atoms with Crippen molar-refractivity contribution < 1.29 is 13.2 Å². The minimum absolute atomic E-state index is 0.299. The first-order valence-electron chi connectivity index (χ1n) is 8.75. The number of nitrogens with one attached hydrogen (secondary N) is 1. The molecule has 0 aromatic heterocycles. The van der Waals surface area contributed by atoms with Gasteiger partial charge in [0.1, 0.15) is 0 Å². The fraction of sp³-hybridized carbons (Fsp3) is 1.00. The van der Waals surface area contributed by atoms with E-state index in [1.165, 1.54) is 19.3 Å². The Bertz CT molecular complexity index is 431. The molecule has 0 amide bonds. The van der Waals surface area contributed by atoms with Crippen molar-refractivity contribution in [2.24, 2.45) is 17.8 Å². The highest BCUT2D eigenvalue weighted by Gasteiger charge is 2.30. The van der Waals surface area contributed by atoms with Gasteiger partial charge in [0.2, 0.25) is 0 Å². The van der Waals surface area contributed by atoms with E-state index in [1.54, 1.807) is 4.31 Å². The van der Waals surface area contributed by atoms with Gasteiger partial charge in [-0.15, -0.1) is 0 Å². The van der Waals surface area contributed by atoms with Crippen molar-refractivity contribution in [2.45, 2.75) is 59.0 Å². The van der Waals surface area contributed by atoms with Gasteiger partial charge >= 0.3 is 0 Å². The summed E-state index contributed by atoms with van der Waals surface area (Å²) in [5.41, 5.74) is 0. The standard InChI is InChI=1S/C16H32N2O3S/c1-13-10-14(2)12-18(11-13)22(19,20)17-8-9-21-16-7-5-4-6-15(16)3/h13-17H,4-12H2,1-3H3/t13-,14+,15-,16+/m0/s1. The van der Waals surface area contributed by atoms with Crippen LogP contribution in [0.2, 0.25) is 0 Å². The third-order valence-electron chi connectivity index (χ3n) is 4.93. The first kappa shape index (κ1) is 18.2. The summed E-state index contributed by atoms with van der Waals surface area (Å²) in [6.07, 6.45) is 6.25. The third kappa shape index (κ3) is 5.18. The van der Waals surface area contributed by atoms with E-state index in [2.05, 4.69) is 25.5 Å². The minimum atomic E-state index is -3.36. The van der Waals surface area contributed by atoms with Gasteiger partial charge in [0.05, 0.1) is 12.7 Å². The zero-order valence-electron chi connectivity index (χ0n) is 14.3. The molecule has 0 aromatic carbocycles. The van der Waals surface area contributed by atoms with E-state index in [0.29, 0.717) is 50.1 Å². The second-order valence-corrected chi connectivity index (χ2v) is 9.09. The molecule has 1 N–H and O–H groups in total. The topological polar surface area (TPSA) is 58.6 Å². The van der Waals surface area contributed by atoms with Gasteiger partial charge in [0, 0.05) is 19.6 Å². The zero-order chi connectivity index (χ0) is 16.2. The van der Waals surface area contributed by atoms with E-state index in [0.717, 1.165) is 12.8 Å². The van der Waals surface area contributed by atoms with Crippen molar-refractivity contribution in [3.8, 4) is 0 Å². The van der Waals surface area contributed by atoms with E-state index in [9.17, 15) is 8.42 Å². The van der Waals surface area contributed by atoms with Crippen LogP contribution < -0.4 is 4.72 Å². The third-order valence-corrected chi connectivity index (χ3v) is 6.47. The highest BCUT2D eigenvalue weighted by molar-refractivity contribution is 7.87. The van der Waals surface area contributed by atoms with Gasteiger partial charge in [-0.25, -0.2) is 0 Å². The molecule has 2 fully saturated rings. The van der Waals surface area contributed by atoms with Crippen LogP contribution in [-0.2, 0) is 14.9 Å². The molecule has 5 nitrogen and oxygen atoms in total. The Labute approximate surface area is 136 Å². The van der Waals surface area contributed by atoms with Crippen molar-refractivity contribution in [1.82, 2.24) is 9.03 Å². The van der Waals surface area contributed by atoms with Gasteiger partial charge in [-0.05, 0) is 37.0 Å². The summed E-state index contributed by atoms with van der Waals surface area (Å²) in [4.78, 5) is 0. The molecule has 0 aromatic rings. The van der Waals surface area contributed by atoms with Crippen LogP contribution in [0.3, 0.4) is 0 Å². The molecule has 0 spiro atoms. The molecule has 22 heavy (non-hydrogen) atoms. The van der Waals surface area contributed by atoms with Gasteiger partial charge in [-0.3, -0.25) is 0 Å². The lowest BCUT2D eigenvalue weighted by atomic mass is 9.88. The number of hydrogen-bond acceptors (Lipinski definition) is 3. The highest BCUT2D eigenvalue weighted by Crippen LogP contribution is 2.26. The molecular formula is C16H32N2O3S. The molecular weight excluding hydrogens is 300 g/mol. The average Bonchev–Trinajstić information content (AvgIpc) is 2.44. The molecule has 130 valence electrons. The molecule has 1 aliphatic carbocycles. The molecule has 4 atom stereocenters. The maximum atomic E-state index is 12.4. The summed E-state index contributed by atoms with van der Waals surface area (Å²) >= 11 is 0. The SMILES string of the molecule is C[C@@H]1C[C@H](C)CN(S(=O)(=O)NCCO[C@@H]2CCCC[C@@H]2C)C1. The van der Waals surface area contributed by atoms with Gasteiger partial charge in [-0.1, -0.05) is 33.6 Å². The zero-order valence-corrected chi connectivity index (χ0v) is 15.1. The van der Waals surface area contributed by atoms with E-state index in [1.807, 2.05) is 0 Å². The Hall–Kier alpha value is -0.170. The molecule has 1 saturated carbocycles. The molecule has 1 aliphatic heterocycles. The van der Waals surface area contributed by atoms with Crippen LogP contribution in [0.25, 0.3) is 0 Å². The minimum Gasteiger partial charge on any atom is -0.377 e. The lowest BCUT2D eigenvalue weighted by Gasteiger charge is -2.34. The highest BCUT2D eigenvalue weighted by atomic mass is 32.2. The molecule has 1 heterocycles. The van der Waals surface area contributed by atoms with E-state index >= 15 is 0 Å². The summed E-state index contributed by atoms with van der Waals surface area (Å²) in [5.74, 6) is 1.45. The number of nitrogens with zero attached hydrogens (tertiary/aromatic N) is 1. The van der Waals surface area contributed by atoms with Crippen molar-refractivity contribution in [2.75, 3.05) is 26.2 Å².